The molecule has 2 heterocycles. The Labute approximate surface area is 130 Å². The fourth-order valence-corrected chi connectivity index (χ4v) is 3.82. The molecule has 0 aliphatic carbocycles. The van der Waals surface area contributed by atoms with Crippen molar-refractivity contribution in [3.05, 3.63) is 21.9 Å². The smallest absolute Gasteiger partial charge is 0.169 e. The van der Waals surface area contributed by atoms with Crippen LogP contribution in [-0.2, 0) is 11.3 Å². The number of thiophene rings is 1. The Hall–Kier alpha value is -0.750. The molecule has 1 N–H and O–H groups in total. The largest absolute Gasteiger partial charge is 0.387 e. The normalized spacial score (nSPS) is 26.0. The van der Waals surface area contributed by atoms with Crippen LogP contribution in [0.15, 0.2) is 11.4 Å². The van der Waals surface area contributed by atoms with Crippen molar-refractivity contribution >= 4 is 17.1 Å². The Morgan fingerprint density at radius 3 is 2.76 bits per heavy atom. The van der Waals surface area contributed by atoms with Crippen LogP contribution in [0.5, 0.6) is 0 Å². The highest BCUT2D eigenvalue weighted by Gasteiger charge is 2.47. The Kier molecular flexibility index (Phi) is 4.88. The van der Waals surface area contributed by atoms with E-state index in [0.29, 0.717) is 13.0 Å². The molecule has 0 saturated carbocycles. The monoisotopic (exact) mass is 311 g/mol. The van der Waals surface area contributed by atoms with Crippen molar-refractivity contribution in [2.24, 2.45) is 5.41 Å². The maximum Gasteiger partial charge on any atom is 0.169 e. The molecule has 1 aromatic heterocycles. The number of carbonyl (C=O) groups is 1. The number of ketones is 1. The number of Topliss-reactive ketones (excluding diaryl/α,β-unsaturated/α-hetero) is 1. The van der Waals surface area contributed by atoms with Crippen LogP contribution in [0.1, 0.15) is 42.4 Å². The van der Waals surface area contributed by atoms with Gasteiger partial charge in [0.2, 0.25) is 0 Å². The number of methoxy groups -OCH3 is 1. The third-order valence-electron chi connectivity index (χ3n) is 4.51. The van der Waals surface area contributed by atoms with Crippen molar-refractivity contribution in [2.75, 3.05) is 26.8 Å². The van der Waals surface area contributed by atoms with Crippen LogP contribution in [0.25, 0.3) is 0 Å². The molecule has 1 aromatic rings. The summed E-state index contributed by atoms with van der Waals surface area (Å²) in [6.45, 7) is 8.65. The molecule has 1 aliphatic rings. The van der Waals surface area contributed by atoms with Gasteiger partial charge in [0.15, 0.2) is 5.78 Å². The predicted molar refractivity (Wildman–Crippen MR) is 84.8 cm³/mol. The maximum atomic E-state index is 11.4. The summed E-state index contributed by atoms with van der Waals surface area (Å²) < 4.78 is 5.20. The van der Waals surface area contributed by atoms with Crippen molar-refractivity contribution in [2.45, 2.75) is 39.3 Å². The molecule has 0 unspecified atom stereocenters. The highest BCUT2D eigenvalue weighted by molar-refractivity contribution is 7.12. The zero-order valence-corrected chi connectivity index (χ0v) is 14.1. The zero-order valence-electron chi connectivity index (χ0n) is 13.3. The van der Waals surface area contributed by atoms with E-state index in [1.54, 1.807) is 14.0 Å². The molecule has 1 saturated heterocycles. The van der Waals surface area contributed by atoms with Gasteiger partial charge in [-0.25, -0.2) is 0 Å². The highest BCUT2D eigenvalue weighted by Crippen LogP contribution is 2.39. The molecular weight excluding hydrogens is 286 g/mol. The van der Waals surface area contributed by atoms with Crippen molar-refractivity contribution in [3.8, 4) is 0 Å². The molecule has 0 amide bonds. The second-order valence-electron chi connectivity index (χ2n) is 6.68. The molecule has 0 spiro atoms. The van der Waals surface area contributed by atoms with Crippen LogP contribution in [0.3, 0.4) is 0 Å². The lowest BCUT2D eigenvalue weighted by Gasteiger charge is -2.50. The topological polar surface area (TPSA) is 49.8 Å². The van der Waals surface area contributed by atoms with E-state index in [-0.39, 0.29) is 11.2 Å². The summed E-state index contributed by atoms with van der Waals surface area (Å²) in [6, 6.07) is 1.98. The van der Waals surface area contributed by atoms with Crippen LogP contribution in [0, 0.1) is 5.41 Å². The van der Waals surface area contributed by atoms with Gasteiger partial charge in [0.1, 0.15) is 0 Å². The first-order valence-corrected chi connectivity index (χ1v) is 8.17. The maximum absolute atomic E-state index is 11.4. The minimum Gasteiger partial charge on any atom is -0.387 e. The molecule has 1 fully saturated rings. The summed E-state index contributed by atoms with van der Waals surface area (Å²) in [4.78, 5) is 14.5. The van der Waals surface area contributed by atoms with Gasteiger partial charge in [0, 0.05) is 32.2 Å². The summed E-state index contributed by atoms with van der Waals surface area (Å²) in [6.07, 6.45) is 0.706. The standard InChI is InChI=1S/C16H25NO3S/c1-12(18)14-7-13(9-21-14)8-17-6-5-16(19,11-20-4)15(2,3)10-17/h7,9,19H,5-6,8,10-11H2,1-4H3/t16-/m1/s1. The van der Waals surface area contributed by atoms with Gasteiger partial charge in [-0.2, -0.15) is 0 Å². The lowest BCUT2D eigenvalue weighted by Crippen LogP contribution is -2.59. The van der Waals surface area contributed by atoms with Crippen LogP contribution in [-0.4, -0.2) is 48.2 Å². The average molecular weight is 311 g/mol. The number of nitrogens with zero attached hydrogens (tertiary/aromatic N) is 1. The SMILES string of the molecule is COC[C@]1(O)CCN(Cc2csc(C(C)=O)c2)CC1(C)C. The third-order valence-corrected chi connectivity index (χ3v) is 5.59. The van der Waals surface area contributed by atoms with E-state index in [2.05, 4.69) is 24.1 Å². The summed E-state index contributed by atoms with van der Waals surface area (Å²) >= 11 is 1.51. The second kappa shape index (κ2) is 6.16. The molecule has 4 nitrogen and oxygen atoms in total. The van der Waals surface area contributed by atoms with E-state index in [9.17, 15) is 9.90 Å². The van der Waals surface area contributed by atoms with Gasteiger partial charge >= 0.3 is 0 Å². The summed E-state index contributed by atoms with van der Waals surface area (Å²) in [5.74, 6) is 0.125. The van der Waals surface area contributed by atoms with Crippen molar-refractivity contribution in [1.29, 1.82) is 0 Å². The van der Waals surface area contributed by atoms with Crippen LogP contribution in [0.2, 0.25) is 0 Å². The van der Waals surface area contributed by atoms with E-state index < -0.39 is 5.60 Å². The minimum absolute atomic E-state index is 0.125. The fraction of sp³-hybridized carbons (Fsp3) is 0.688. The molecule has 0 radical (unpaired) electrons. The van der Waals surface area contributed by atoms with Crippen molar-refractivity contribution < 1.29 is 14.6 Å². The van der Waals surface area contributed by atoms with Crippen LogP contribution >= 0.6 is 11.3 Å². The van der Waals surface area contributed by atoms with Gasteiger partial charge in [0.25, 0.3) is 0 Å². The summed E-state index contributed by atoms with van der Waals surface area (Å²) in [5, 5.41) is 12.8. The molecule has 2 rings (SSSR count). The van der Waals surface area contributed by atoms with Crippen molar-refractivity contribution in [3.63, 3.8) is 0 Å². The summed E-state index contributed by atoms with van der Waals surface area (Å²) in [5.41, 5.74) is 0.191. The quantitative estimate of drug-likeness (QED) is 0.849. The van der Waals surface area contributed by atoms with Crippen molar-refractivity contribution in [1.82, 2.24) is 4.90 Å². The number of hydrogen-bond donors (Lipinski definition) is 1. The van der Waals surface area contributed by atoms with E-state index in [1.165, 1.54) is 16.9 Å². The van der Waals surface area contributed by atoms with Gasteiger partial charge in [-0.15, -0.1) is 11.3 Å². The summed E-state index contributed by atoms with van der Waals surface area (Å²) in [7, 11) is 1.63. The van der Waals surface area contributed by atoms with Gasteiger partial charge in [-0.3, -0.25) is 9.69 Å². The van der Waals surface area contributed by atoms with Crippen LogP contribution in [0.4, 0.5) is 0 Å². The molecule has 0 aromatic carbocycles. The molecule has 118 valence electrons. The number of ether oxygens (including phenoxy) is 1. The van der Waals surface area contributed by atoms with Gasteiger partial charge in [-0.05, 0) is 30.4 Å². The first kappa shape index (κ1) is 16.6. The number of carbonyl (C=O) groups excluding carboxylic acids is 1. The number of likely N-dealkylation sites (tertiary alicyclic amines) is 1. The number of piperidine rings is 1. The Balaban J connectivity index is 2.02. The Morgan fingerprint density at radius 2 is 2.24 bits per heavy atom. The van der Waals surface area contributed by atoms with Gasteiger partial charge < -0.3 is 9.84 Å². The Bertz CT molecular complexity index is 511. The minimum atomic E-state index is -0.766. The highest BCUT2D eigenvalue weighted by atomic mass is 32.1. The Morgan fingerprint density at radius 1 is 1.52 bits per heavy atom. The first-order chi connectivity index (χ1) is 9.77. The lowest BCUT2D eigenvalue weighted by molar-refractivity contribution is -0.151. The first-order valence-electron chi connectivity index (χ1n) is 7.29. The van der Waals surface area contributed by atoms with E-state index in [1.807, 2.05) is 6.07 Å². The predicted octanol–water partition coefficient (Wildman–Crippen LogP) is 2.56. The fourth-order valence-electron chi connectivity index (χ4n) is 3.01. The second-order valence-corrected chi connectivity index (χ2v) is 7.60. The molecule has 1 aliphatic heterocycles. The molecular formula is C16H25NO3S. The number of hydrogen-bond acceptors (Lipinski definition) is 5. The molecule has 21 heavy (non-hydrogen) atoms. The van der Waals surface area contributed by atoms with Crippen LogP contribution < -0.4 is 0 Å². The van der Waals surface area contributed by atoms with E-state index in [4.69, 9.17) is 4.74 Å². The van der Waals surface area contributed by atoms with E-state index >= 15 is 0 Å². The average Bonchev–Trinajstić information content (AvgIpc) is 2.83. The number of rotatable bonds is 5. The molecule has 1 atom stereocenters. The molecule has 0 bridgehead atoms. The van der Waals surface area contributed by atoms with E-state index in [0.717, 1.165) is 24.5 Å². The van der Waals surface area contributed by atoms with Gasteiger partial charge in [0.05, 0.1) is 17.1 Å². The third kappa shape index (κ3) is 3.54. The molecule has 5 heteroatoms. The van der Waals surface area contributed by atoms with Gasteiger partial charge in [-0.1, -0.05) is 13.8 Å². The lowest BCUT2D eigenvalue weighted by atomic mass is 9.70. The zero-order chi connectivity index (χ0) is 15.7. The number of aliphatic hydroxyl groups is 1.